The second-order valence-electron chi connectivity index (χ2n) is 19.3. The lowest BCUT2D eigenvalue weighted by Gasteiger charge is -2.37. The van der Waals surface area contributed by atoms with E-state index in [1.165, 1.54) is 48.5 Å². The van der Waals surface area contributed by atoms with Gasteiger partial charge in [0.15, 0.2) is 11.2 Å². The fourth-order valence-electron chi connectivity index (χ4n) is 10.9. The monoisotopic (exact) mass is 1090 g/mol. The highest BCUT2D eigenvalue weighted by Gasteiger charge is 2.72. The second-order valence-corrected chi connectivity index (χ2v) is 19.3. The number of aliphatic hydroxyl groups is 3. The van der Waals surface area contributed by atoms with Crippen LogP contribution in [0.1, 0.15) is 75.0 Å². The smallest absolute Gasteiger partial charge is 0.430 e. The average molecular weight is 1090 g/mol. The molecule has 7 N–H and O–H groups in total. The van der Waals surface area contributed by atoms with Crippen molar-refractivity contribution < 1.29 is 88.4 Å². The molecule has 0 spiro atoms. The van der Waals surface area contributed by atoms with Crippen molar-refractivity contribution in [3.63, 3.8) is 0 Å². The Hall–Kier alpha value is -8.00. The maximum atomic E-state index is 14.0. The molecule has 10 rings (SSSR count). The number of hydrogen-bond acceptors (Lipinski definition) is 7. The van der Waals surface area contributed by atoms with Gasteiger partial charge >= 0.3 is 24.7 Å². The van der Waals surface area contributed by atoms with Gasteiger partial charge in [-0.1, -0.05) is 127 Å². The Morgan fingerprint density at radius 1 is 0.308 bits per heavy atom. The largest absolute Gasteiger partial charge is 0.508 e. The van der Waals surface area contributed by atoms with E-state index in [0.29, 0.717) is 42.7 Å². The van der Waals surface area contributed by atoms with Crippen LogP contribution in [-0.4, -0.2) is 60.5 Å². The van der Waals surface area contributed by atoms with Gasteiger partial charge in [-0.25, -0.2) is 0 Å². The average Bonchev–Trinajstić information content (AvgIpc) is 3.97. The first kappa shape index (κ1) is 54.8. The molecule has 0 amide bonds. The molecular formula is C59H42F12O7. The van der Waals surface area contributed by atoms with Crippen molar-refractivity contribution in [2.75, 3.05) is 0 Å². The van der Waals surface area contributed by atoms with E-state index in [1.807, 2.05) is 48.5 Å². The summed E-state index contributed by atoms with van der Waals surface area (Å²) >= 11 is 0. The lowest BCUT2D eigenvalue weighted by Crippen LogP contribution is -2.54. The SMILES string of the molecule is CC(O)(c1cc(C2(c3ccc(O)c(C(O)(C(F)(F)F)C(F)(F)F)c3)c3ccccc3-c3ccccc32)ccc1O)C(F)(F)F.CC(O)(c1cc(C2(c3ccc(O)cc3)c3ccccc3-c3ccccc32)ccc1O)C(F)(F)F. The number of phenolic OH excluding ortho intramolecular Hbond substituents is 4. The van der Waals surface area contributed by atoms with E-state index in [0.717, 1.165) is 52.1 Å². The van der Waals surface area contributed by atoms with Gasteiger partial charge in [-0.2, -0.15) is 52.7 Å². The predicted molar refractivity (Wildman–Crippen MR) is 261 cm³/mol. The van der Waals surface area contributed by atoms with E-state index in [4.69, 9.17) is 0 Å². The molecule has 0 fully saturated rings. The number of benzene rings is 8. The standard InChI is InChI=1S/C31H21F9O4.C28H21F3O3/c1-26(43,29(32,33)34)22-14-16(10-12-24(22)41)27(20-8-4-2-6-18(20)19-7-3-5-9-21(19)27)17-11-13-25(42)23(15-17)28(44,30(35,36)37)31(38,39)40;1-26(34,28(29,30)31)24-16-18(12-15-25(24)33)27(17-10-13-19(32)14-11-17)22-8-4-2-6-20(22)21-7-3-5-9-23(21)27/h2-15,41-44H,1H3;2-16,32-34H,1H3. The van der Waals surface area contributed by atoms with E-state index in [2.05, 4.69) is 0 Å². The molecule has 404 valence electrons. The van der Waals surface area contributed by atoms with Crippen molar-refractivity contribution in [2.24, 2.45) is 0 Å². The van der Waals surface area contributed by atoms with Gasteiger partial charge in [0, 0.05) is 16.7 Å². The minimum absolute atomic E-state index is 0.0601. The van der Waals surface area contributed by atoms with Crippen LogP contribution in [0.2, 0.25) is 0 Å². The number of hydrogen-bond donors (Lipinski definition) is 7. The van der Waals surface area contributed by atoms with Crippen LogP contribution in [0.3, 0.4) is 0 Å². The summed E-state index contributed by atoms with van der Waals surface area (Å²) in [5.74, 6) is -3.12. The molecule has 2 atom stereocenters. The van der Waals surface area contributed by atoms with Gasteiger partial charge in [0.2, 0.25) is 0 Å². The molecular weight excluding hydrogens is 1050 g/mol. The second kappa shape index (κ2) is 18.3. The van der Waals surface area contributed by atoms with E-state index in [1.54, 1.807) is 42.5 Å². The van der Waals surface area contributed by atoms with Crippen LogP contribution in [0, 0.1) is 0 Å². The van der Waals surface area contributed by atoms with Gasteiger partial charge in [-0.3, -0.25) is 0 Å². The highest BCUT2D eigenvalue weighted by molar-refractivity contribution is 5.88. The zero-order chi connectivity index (χ0) is 57.0. The molecule has 0 aliphatic heterocycles. The number of fused-ring (bicyclic) bond motifs is 6. The Labute approximate surface area is 435 Å². The number of rotatable bonds is 7. The van der Waals surface area contributed by atoms with Crippen molar-refractivity contribution in [3.8, 4) is 45.3 Å². The van der Waals surface area contributed by atoms with Crippen LogP contribution in [0.25, 0.3) is 22.3 Å². The topological polar surface area (TPSA) is 142 Å². The van der Waals surface area contributed by atoms with Gasteiger partial charge in [0.05, 0.1) is 10.8 Å². The van der Waals surface area contributed by atoms with E-state index < -0.39 is 91.8 Å². The molecule has 2 aliphatic rings. The van der Waals surface area contributed by atoms with Crippen LogP contribution >= 0.6 is 0 Å². The fraction of sp³-hybridized carbons (Fsp3) is 0.186. The summed E-state index contributed by atoms with van der Waals surface area (Å²) < 4.78 is 167. The lowest BCUT2D eigenvalue weighted by molar-refractivity contribution is -0.376. The summed E-state index contributed by atoms with van der Waals surface area (Å²) in [6.45, 7) is 1.01. The molecule has 2 aliphatic carbocycles. The van der Waals surface area contributed by atoms with Crippen LogP contribution in [0.15, 0.2) is 176 Å². The predicted octanol–water partition coefficient (Wildman–Crippen LogP) is 13.8. The van der Waals surface area contributed by atoms with E-state index >= 15 is 0 Å². The normalized spacial score (nSPS) is 16.1. The van der Waals surface area contributed by atoms with Crippen LogP contribution in [-0.2, 0) is 27.6 Å². The first-order valence-electron chi connectivity index (χ1n) is 23.4. The highest BCUT2D eigenvalue weighted by Crippen LogP contribution is 2.61. The maximum Gasteiger partial charge on any atom is 0.430 e. The molecule has 0 saturated carbocycles. The third kappa shape index (κ3) is 8.03. The number of aromatic hydroxyl groups is 4. The molecule has 0 bridgehead atoms. The summed E-state index contributed by atoms with van der Waals surface area (Å²) in [6.07, 6.45) is -23.0. The minimum atomic E-state index is -6.36. The Morgan fingerprint density at radius 3 is 0.859 bits per heavy atom. The lowest BCUT2D eigenvalue weighted by atomic mass is 9.66. The molecule has 0 saturated heterocycles. The van der Waals surface area contributed by atoms with Crippen molar-refractivity contribution in [1.82, 2.24) is 0 Å². The molecule has 78 heavy (non-hydrogen) atoms. The summed E-state index contributed by atoms with van der Waals surface area (Å²) in [6, 6.07) is 42.7. The van der Waals surface area contributed by atoms with Gasteiger partial charge < -0.3 is 35.7 Å². The van der Waals surface area contributed by atoms with Gasteiger partial charge in [0.1, 0.15) is 23.0 Å². The summed E-state index contributed by atoms with van der Waals surface area (Å²) in [7, 11) is 0. The van der Waals surface area contributed by atoms with Crippen molar-refractivity contribution >= 4 is 0 Å². The molecule has 8 aromatic rings. The third-order valence-corrected chi connectivity index (χ3v) is 14.9. The minimum Gasteiger partial charge on any atom is -0.508 e. The van der Waals surface area contributed by atoms with Crippen LogP contribution in [0.4, 0.5) is 52.7 Å². The van der Waals surface area contributed by atoms with Crippen LogP contribution < -0.4 is 0 Å². The Kier molecular flexibility index (Phi) is 12.9. The fourth-order valence-corrected chi connectivity index (χ4v) is 10.9. The Morgan fingerprint density at radius 2 is 0.564 bits per heavy atom. The third-order valence-electron chi connectivity index (χ3n) is 14.9. The van der Waals surface area contributed by atoms with Crippen molar-refractivity contribution in [3.05, 3.63) is 237 Å². The van der Waals surface area contributed by atoms with Gasteiger partial charge in [0.25, 0.3) is 5.60 Å². The molecule has 0 heterocycles. The number of phenols is 4. The summed E-state index contributed by atoms with van der Waals surface area (Å²) in [4.78, 5) is 0. The number of halogens is 12. The first-order chi connectivity index (χ1) is 36.3. The molecule has 0 aromatic heterocycles. The summed E-state index contributed by atoms with van der Waals surface area (Å²) in [5.41, 5.74) is -13.6. The van der Waals surface area contributed by atoms with E-state index in [9.17, 15) is 88.4 Å². The highest BCUT2D eigenvalue weighted by atomic mass is 19.4. The Bertz CT molecular complexity index is 3510. The zero-order valence-electron chi connectivity index (χ0n) is 40.4. The van der Waals surface area contributed by atoms with Crippen molar-refractivity contribution in [1.29, 1.82) is 0 Å². The molecule has 2 unspecified atom stereocenters. The van der Waals surface area contributed by atoms with E-state index in [-0.39, 0.29) is 22.4 Å². The molecule has 19 heteroatoms. The van der Waals surface area contributed by atoms with Crippen molar-refractivity contribution in [2.45, 2.75) is 66.2 Å². The quantitative estimate of drug-likeness (QED) is 0.0788. The molecule has 7 nitrogen and oxygen atoms in total. The molecule has 8 aromatic carbocycles. The number of alkyl halides is 12. The van der Waals surface area contributed by atoms with Gasteiger partial charge in [-0.15, -0.1) is 0 Å². The first-order valence-corrected chi connectivity index (χ1v) is 23.4. The Balaban J connectivity index is 0.000000196. The molecule has 0 radical (unpaired) electrons. The van der Waals surface area contributed by atoms with Crippen LogP contribution in [0.5, 0.6) is 23.0 Å². The van der Waals surface area contributed by atoms with Gasteiger partial charge in [-0.05, 0) is 129 Å². The maximum absolute atomic E-state index is 14.0. The zero-order valence-corrected chi connectivity index (χ0v) is 40.4. The summed E-state index contributed by atoms with van der Waals surface area (Å²) in [5, 5.41) is 72.2.